The molecule has 0 unspecified atom stereocenters. The van der Waals surface area contributed by atoms with Crippen molar-refractivity contribution in [3.63, 3.8) is 0 Å². The van der Waals surface area contributed by atoms with Crippen LogP contribution in [-0.2, 0) is 0 Å². The maximum absolute atomic E-state index is 13.6. The third kappa shape index (κ3) is 4.03. The Kier molecular flexibility index (Phi) is 6.48. The van der Waals surface area contributed by atoms with E-state index in [1.165, 1.54) is 32.1 Å². The Morgan fingerprint density at radius 2 is 1.56 bits per heavy atom. The fraction of sp³-hybridized carbons (Fsp3) is 0.444. The largest absolute Gasteiger partial charge is 0.395 e. The Labute approximate surface area is 199 Å². The van der Waals surface area contributed by atoms with Gasteiger partial charge >= 0.3 is 0 Å². The molecule has 178 valence electrons. The predicted molar refractivity (Wildman–Crippen MR) is 130 cm³/mol. The summed E-state index contributed by atoms with van der Waals surface area (Å²) in [4.78, 5) is 44.5. The molecular weight excluding hydrogens is 430 g/mol. The Morgan fingerprint density at radius 3 is 2.24 bits per heavy atom. The van der Waals surface area contributed by atoms with Gasteiger partial charge in [0.2, 0.25) is 0 Å². The third-order valence-electron chi connectivity index (χ3n) is 7.43. The van der Waals surface area contributed by atoms with Crippen molar-refractivity contribution < 1.29 is 19.5 Å². The van der Waals surface area contributed by atoms with Gasteiger partial charge in [0, 0.05) is 55.5 Å². The lowest BCUT2D eigenvalue weighted by Crippen LogP contribution is -2.52. The number of aliphatic hydroxyl groups excluding tert-OH is 1. The van der Waals surface area contributed by atoms with Gasteiger partial charge in [0.1, 0.15) is 0 Å². The highest BCUT2D eigenvalue weighted by molar-refractivity contribution is 6.31. The summed E-state index contributed by atoms with van der Waals surface area (Å²) in [7, 11) is 0. The summed E-state index contributed by atoms with van der Waals surface area (Å²) in [5.74, 6) is -0.648. The van der Waals surface area contributed by atoms with Gasteiger partial charge < -0.3 is 15.3 Å². The number of carbonyl (C=O) groups excluding carboxylic acids is 3. The van der Waals surface area contributed by atoms with Crippen LogP contribution in [0, 0.1) is 0 Å². The molecule has 0 bridgehead atoms. The van der Waals surface area contributed by atoms with E-state index in [4.69, 9.17) is 0 Å². The molecule has 2 aromatic carbocycles. The molecule has 2 N–H and O–H groups in total. The molecule has 1 amide bonds. The maximum Gasteiger partial charge on any atom is 0.256 e. The average Bonchev–Trinajstić information content (AvgIpc) is 2.90. The number of rotatable bonds is 5. The van der Waals surface area contributed by atoms with Crippen LogP contribution in [0.5, 0.6) is 0 Å². The lowest BCUT2D eigenvalue weighted by molar-refractivity contribution is 0.0524. The first-order valence-corrected chi connectivity index (χ1v) is 12.3. The normalized spacial score (nSPS) is 19.0. The van der Waals surface area contributed by atoms with E-state index in [0.29, 0.717) is 47.1 Å². The van der Waals surface area contributed by atoms with Crippen molar-refractivity contribution in [2.75, 3.05) is 44.6 Å². The zero-order valence-electron chi connectivity index (χ0n) is 19.4. The van der Waals surface area contributed by atoms with Crippen LogP contribution in [-0.4, -0.2) is 77.8 Å². The van der Waals surface area contributed by atoms with Crippen LogP contribution >= 0.6 is 0 Å². The van der Waals surface area contributed by atoms with Crippen LogP contribution in [0.15, 0.2) is 36.4 Å². The monoisotopic (exact) mass is 461 g/mol. The maximum atomic E-state index is 13.6. The highest BCUT2D eigenvalue weighted by Gasteiger charge is 2.35. The molecule has 1 saturated carbocycles. The van der Waals surface area contributed by atoms with Gasteiger partial charge in [-0.1, -0.05) is 43.5 Å². The lowest BCUT2D eigenvalue weighted by atomic mass is 9.82. The molecule has 2 fully saturated rings. The van der Waals surface area contributed by atoms with E-state index < -0.39 is 0 Å². The Hall–Kier alpha value is -3.03. The number of fused-ring (bicyclic) bond motifs is 2. The van der Waals surface area contributed by atoms with Gasteiger partial charge in [0.05, 0.1) is 23.4 Å². The van der Waals surface area contributed by atoms with Crippen molar-refractivity contribution in [2.24, 2.45) is 0 Å². The summed E-state index contributed by atoms with van der Waals surface area (Å²) < 4.78 is 0. The number of carbonyl (C=O) groups is 3. The number of nitrogens with zero attached hydrogens (tertiary/aromatic N) is 2. The van der Waals surface area contributed by atoms with E-state index in [1.807, 2.05) is 4.90 Å². The van der Waals surface area contributed by atoms with Crippen LogP contribution in [0.2, 0.25) is 0 Å². The van der Waals surface area contributed by atoms with Crippen LogP contribution in [0.25, 0.3) is 0 Å². The summed E-state index contributed by atoms with van der Waals surface area (Å²) in [6, 6.07) is 10.6. The second-order valence-electron chi connectivity index (χ2n) is 9.38. The molecule has 2 aromatic rings. The summed E-state index contributed by atoms with van der Waals surface area (Å²) in [5.41, 5.74) is 1.97. The number of aliphatic hydroxyl groups is 1. The minimum atomic E-state index is -0.276. The highest BCUT2D eigenvalue weighted by Crippen LogP contribution is 2.35. The van der Waals surface area contributed by atoms with E-state index in [9.17, 15) is 19.5 Å². The highest BCUT2D eigenvalue weighted by atomic mass is 16.3. The molecule has 0 radical (unpaired) electrons. The van der Waals surface area contributed by atoms with Crippen molar-refractivity contribution in [3.8, 4) is 0 Å². The van der Waals surface area contributed by atoms with Crippen molar-refractivity contribution in [1.29, 1.82) is 0 Å². The summed E-state index contributed by atoms with van der Waals surface area (Å²) in [5, 5.41) is 12.5. The molecule has 7 heteroatoms. The first-order valence-electron chi connectivity index (χ1n) is 12.3. The van der Waals surface area contributed by atoms with Crippen LogP contribution in [0.3, 0.4) is 0 Å². The van der Waals surface area contributed by atoms with Crippen LogP contribution in [0.4, 0.5) is 5.69 Å². The Bertz CT molecular complexity index is 1110. The van der Waals surface area contributed by atoms with Crippen LogP contribution in [0.1, 0.15) is 74.3 Å². The topological polar surface area (TPSA) is 90.0 Å². The zero-order valence-corrected chi connectivity index (χ0v) is 19.4. The van der Waals surface area contributed by atoms with Crippen molar-refractivity contribution in [2.45, 2.75) is 38.1 Å². The minimum absolute atomic E-state index is 0.148. The van der Waals surface area contributed by atoms with E-state index in [1.54, 1.807) is 36.4 Å². The number of hydrogen-bond donors (Lipinski definition) is 2. The second kappa shape index (κ2) is 9.68. The van der Waals surface area contributed by atoms with Crippen molar-refractivity contribution in [1.82, 2.24) is 9.80 Å². The third-order valence-corrected chi connectivity index (χ3v) is 7.43. The standard InChI is InChI=1S/C27H31N3O4/c31-17-12-28-24-22(27(34)30-15-13-29(14-16-30)18-6-2-1-3-7-18)11-10-21-23(24)26(33)20-9-5-4-8-19(20)25(21)32/h4-5,8-11,18,28,31H,1-3,6-7,12-17H2. The number of nitrogens with one attached hydrogen (secondary N) is 1. The SMILES string of the molecule is O=C1c2ccccc2C(=O)c2c1ccc(C(=O)N1CCN(C3CCCCC3)CC1)c2NCCO. The predicted octanol–water partition coefficient (Wildman–Crippen LogP) is 2.96. The number of benzene rings is 2. The van der Waals surface area contributed by atoms with E-state index in [-0.39, 0.29) is 36.2 Å². The van der Waals surface area contributed by atoms with Gasteiger partial charge in [0.25, 0.3) is 5.91 Å². The number of hydrogen-bond acceptors (Lipinski definition) is 6. The fourth-order valence-electron chi connectivity index (χ4n) is 5.64. The molecule has 5 rings (SSSR count). The molecule has 1 aliphatic heterocycles. The van der Waals surface area contributed by atoms with E-state index in [2.05, 4.69) is 10.2 Å². The molecule has 0 aromatic heterocycles. The van der Waals surface area contributed by atoms with Gasteiger partial charge in [-0.3, -0.25) is 19.3 Å². The van der Waals surface area contributed by atoms with Gasteiger partial charge in [-0.25, -0.2) is 0 Å². The number of ketones is 2. The smallest absolute Gasteiger partial charge is 0.256 e. The number of piperazine rings is 1. The molecule has 34 heavy (non-hydrogen) atoms. The van der Waals surface area contributed by atoms with E-state index >= 15 is 0 Å². The minimum Gasteiger partial charge on any atom is -0.395 e. The molecule has 7 nitrogen and oxygen atoms in total. The van der Waals surface area contributed by atoms with E-state index in [0.717, 1.165) is 13.1 Å². The molecule has 0 spiro atoms. The molecule has 3 aliphatic rings. The fourth-order valence-corrected chi connectivity index (χ4v) is 5.64. The second-order valence-corrected chi connectivity index (χ2v) is 9.38. The van der Waals surface area contributed by atoms with Gasteiger partial charge in [-0.15, -0.1) is 0 Å². The zero-order chi connectivity index (χ0) is 23.7. The van der Waals surface area contributed by atoms with Gasteiger partial charge in [-0.05, 0) is 25.0 Å². The Balaban J connectivity index is 1.43. The molecule has 1 saturated heterocycles. The van der Waals surface area contributed by atoms with Gasteiger partial charge in [-0.2, -0.15) is 0 Å². The summed E-state index contributed by atoms with van der Waals surface area (Å²) in [6.07, 6.45) is 6.38. The summed E-state index contributed by atoms with van der Waals surface area (Å²) in [6.45, 7) is 3.01. The van der Waals surface area contributed by atoms with Crippen LogP contribution < -0.4 is 5.32 Å². The average molecular weight is 462 g/mol. The lowest BCUT2D eigenvalue weighted by Gasteiger charge is -2.41. The van der Waals surface area contributed by atoms with Crippen molar-refractivity contribution >= 4 is 23.2 Å². The molecule has 1 heterocycles. The first kappa shape index (κ1) is 22.7. The summed E-state index contributed by atoms with van der Waals surface area (Å²) >= 11 is 0. The van der Waals surface area contributed by atoms with Crippen molar-refractivity contribution in [3.05, 3.63) is 64.2 Å². The first-order chi connectivity index (χ1) is 16.6. The quantitative estimate of drug-likeness (QED) is 0.607. The number of anilines is 1. The number of amides is 1. The molecule has 2 aliphatic carbocycles. The Morgan fingerprint density at radius 1 is 0.882 bits per heavy atom. The molecule has 0 atom stereocenters. The molecular formula is C27H31N3O4. The van der Waals surface area contributed by atoms with Gasteiger partial charge in [0.15, 0.2) is 11.6 Å².